The molecule has 0 saturated carbocycles. The molecular formula is C9H19. The first-order valence-electron chi connectivity index (χ1n) is 3.98. The molecule has 0 bridgehead atoms. The standard InChI is InChI=1S/C9H19/c1-5-6-7-9(4)8(2)3/h9H,5-7H2,1-4H3. The normalized spacial score (nSPS) is 14.3. The van der Waals surface area contributed by atoms with Crippen LogP contribution in [0, 0.1) is 11.8 Å². The number of unbranched alkanes of at least 4 members (excludes halogenated alkanes) is 1. The predicted molar refractivity (Wildman–Crippen MR) is 43.3 cm³/mol. The van der Waals surface area contributed by atoms with Crippen molar-refractivity contribution in [3.05, 3.63) is 5.92 Å². The van der Waals surface area contributed by atoms with Crippen LogP contribution in [0.15, 0.2) is 0 Å². The van der Waals surface area contributed by atoms with E-state index in [1.54, 1.807) is 5.92 Å². The van der Waals surface area contributed by atoms with Gasteiger partial charge in [0.1, 0.15) is 0 Å². The van der Waals surface area contributed by atoms with E-state index in [1.807, 2.05) is 0 Å². The van der Waals surface area contributed by atoms with Crippen molar-refractivity contribution in [3.8, 4) is 0 Å². The highest BCUT2D eigenvalue weighted by atomic mass is 14.1. The molecule has 0 aromatic rings. The zero-order chi connectivity index (χ0) is 7.28. The van der Waals surface area contributed by atoms with Gasteiger partial charge in [-0.2, -0.15) is 0 Å². The molecule has 0 N–H and O–H groups in total. The average molecular weight is 127 g/mol. The van der Waals surface area contributed by atoms with Crippen LogP contribution < -0.4 is 0 Å². The highest BCUT2D eigenvalue weighted by Gasteiger charge is 2.04. The second kappa shape index (κ2) is 4.84. The van der Waals surface area contributed by atoms with Crippen LogP contribution in [0.5, 0.6) is 0 Å². The molecule has 1 atom stereocenters. The molecule has 0 heterocycles. The zero-order valence-corrected chi connectivity index (χ0v) is 7.20. The average Bonchev–Trinajstić information content (AvgIpc) is 1.82. The summed E-state index contributed by atoms with van der Waals surface area (Å²) in [5, 5.41) is 0. The van der Waals surface area contributed by atoms with Crippen LogP contribution in [-0.4, -0.2) is 0 Å². The summed E-state index contributed by atoms with van der Waals surface area (Å²) in [6.07, 6.45) is 4.09. The Morgan fingerprint density at radius 2 is 1.89 bits per heavy atom. The lowest BCUT2D eigenvalue weighted by atomic mass is 9.93. The van der Waals surface area contributed by atoms with E-state index in [2.05, 4.69) is 27.7 Å². The van der Waals surface area contributed by atoms with Crippen LogP contribution in [0.2, 0.25) is 0 Å². The van der Waals surface area contributed by atoms with E-state index in [0.717, 1.165) is 5.92 Å². The third kappa shape index (κ3) is 4.50. The summed E-state index contributed by atoms with van der Waals surface area (Å²) in [5.41, 5.74) is 0. The van der Waals surface area contributed by atoms with Gasteiger partial charge in [-0.05, 0) is 11.8 Å². The largest absolute Gasteiger partial charge is 0.0654 e. The lowest BCUT2D eigenvalue weighted by Gasteiger charge is -2.13. The fraction of sp³-hybridized carbons (Fsp3) is 0.889. The molecule has 0 aliphatic rings. The first-order chi connectivity index (χ1) is 4.18. The third-order valence-electron chi connectivity index (χ3n) is 1.98. The maximum absolute atomic E-state index is 2.31. The minimum atomic E-state index is 0.838. The number of rotatable bonds is 4. The van der Waals surface area contributed by atoms with Crippen LogP contribution in [0.3, 0.4) is 0 Å². The van der Waals surface area contributed by atoms with Crippen molar-refractivity contribution in [3.63, 3.8) is 0 Å². The van der Waals surface area contributed by atoms with Gasteiger partial charge in [-0.3, -0.25) is 0 Å². The molecule has 1 unspecified atom stereocenters. The van der Waals surface area contributed by atoms with Crippen LogP contribution in [0.1, 0.15) is 47.0 Å². The van der Waals surface area contributed by atoms with Crippen molar-refractivity contribution in [1.29, 1.82) is 0 Å². The Labute approximate surface area is 59.7 Å². The molecule has 0 nitrogen and oxygen atoms in total. The minimum absolute atomic E-state index is 0.838. The lowest BCUT2D eigenvalue weighted by Crippen LogP contribution is -2.00. The molecule has 0 spiro atoms. The van der Waals surface area contributed by atoms with Gasteiger partial charge in [-0.15, -0.1) is 0 Å². The zero-order valence-electron chi connectivity index (χ0n) is 7.20. The van der Waals surface area contributed by atoms with E-state index >= 15 is 0 Å². The molecule has 1 radical (unpaired) electrons. The van der Waals surface area contributed by atoms with E-state index in [1.165, 1.54) is 19.3 Å². The third-order valence-corrected chi connectivity index (χ3v) is 1.98. The fourth-order valence-electron chi connectivity index (χ4n) is 0.799. The van der Waals surface area contributed by atoms with E-state index in [0.29, 0.717) is 0 Å². The molecule has 0 aliphatic heterocycles. The highest BCUT2D eigenvalue weighted by molar-refractivity contribution is 4.83. The van der Waals surface area contributed by atoms with Gasteiger partial charge < -0.3 is 0 Å². The summed E-state index contributed by atoms with van der Waals surface area (Å²) < 4.78 is 0. The van der Waals surface area contributed by atoms with Gasteiger partial charge in [0.2, 0.25) is 0 Å². The smallest absolute Gasteiger partial charge is 0.0275 e. The maximum Gasteiger partial charge on any atom is -0.0275 e. The van der Waals surface area contributed by atoms with Gasteiger partial charge >= 0.3 is 0 Å². The second-order valence-corrected chi connectivity index (χ2v) is 3.12. The SMILES string of the molecule is CCCCC(C)[C](C)C. The summed E-state index contributed by atoms with van der Waals surface area (Å²) in [4.78, 5) is 0. The monoisotopic (exact) mass is 127 g/mol. The van der Waals surface area contributed by atoms with Crippen LogP contribution in [-0.2, 0) is 0 Å². The fourth-order valence-corrected chi connectivity index (χ4v) is 0.799. The van der Waals surface area contributed by atoms with Crippen molar-refractivity contribution in [2.24, 2.45) is 5.92 Å². The van der Waals surface area contributed by atoms with Crippen LogP contribution >= 0.6 is 0 Å². The van der Waals surface area contributed by atoms with E-state index < -0.39 is 0 Å². The summed E-state index contributed by atoms with van der Waals surface area (Å²) >= 11 is 0. The van der Waals surface area contributed by atoms with Gasteiger partial charge in [0.15, 0.2) is 0 Å². The van der Waals surface area contributed by atoms with Crippen molar-refractivity contribution in [1.82, 2.24) is 0 Å². The van der Waals surface area contributed by atoms with E-state index in [9.17, 15) is 0 Å². The molecule has 0 aromatic heterocycles. The molecule has 0 heteroatoms. The summed E-state index contributed by atoms with van der Waals surface area (Å²) in [7, 11) is 0. The van der Waals surface area contributed by atoms with Crippen LogP contribution in [0.25, 0.3) is 0 Å². The molecule has 0 rings (SSSR count). The molecule has 0 saturated heterocycles. The van der Waals surface area contributed by atoms with Gasteiger partial charge in [0.25, 0.3) is 0 Å². The highest BCUT2D eigenvalue weighted by Crippen LogP contribution is 2.18. The Morgan fingerprint density at radius 1 is 1.33 bits per heavy atom. The Morgan fingerprint density at radius 3 is 2.22 bits per heavy atom. The summed E-state index contributed by atoms with van der Waals surface area (Å²) in [5.74, 6) is 2.41. The van der Waals surface area contributed by atoms with Crippen LogP contribution in [0.4, 0.5) is 0 Å². The van der Waals surface area contributed by atoms with E-state index in [4.69, 9.17) is 0 Å². The van der Waals surface area contributed by atoms with Gasteiger partial charge in [-0.25, -0.2) is 0 Å². The Bertz CT molecular complexity index is 55.1. The molecular weight excluding hydrogens is 108 g/mol. The second-order valence-electron chi connectivity index (χ2n) is 3.12. The van der Waals surface area contributed by atoms with Gasteiger partial charge in [-0.1, -0.05) is 47.0 Å². The van der Waals surface area contributed by atoms with Crippen molar-refractivity contribution >= 4 is 0 Å². The van der Waals surface area contributed by atoms with Crippen molar-refractivity contribution < 1.29 is 0 Å². The Hall–Kier alpha value is 0. The Kier molecular flexibility index (Phi) is 4.84. The molecule has 0 aromatic carbocycles. The lowest BCUT2D eigenvalue weighted by molar-refractivity contribution is 0.522. The topological polar surface area (TPSA) is 0 Å². The molecule has 0 fully saturated rings. The van der Waals surface area contributed by atoms with E-state index in [-0.39, 0.29) is 0 Å². The molecule has 0 aliphatic carbocycles. The molecule has 9 heavy (non-hydrogen) atoms. The van der Waals surface area contributed by atoms with Gasteiger partial charge in [0.05, 0.1) is 0 Å². The summed E-state index contributed by atoms with van der Waals surface area (Å²) in [6, 6.07) is 0. The quantitative estimate of drug-likeness (QED) is 0.542. The minimum Gasteiger partial charge on any atom is -0.0654 e. The molecule has 0 amide bonds. The van der Waals surface area contributed by atoms with Gasteiger partial charge in [0, 0.05) is 0 Å². The Balaban J connectivity index is 3.16. The first kappa shape index (κ1) is 9.00. The maximum atomic E-state index is 2.31. The number of hydrogen-bond donors (Lipinski definition) is 0. The number of hydrogen-bond acceptors (Lipinski definition) is 0. The van der Waals surface area contributed by atoms with Crippen molar-refractivity contribution in [2.75, 3.05) is 0 Å². The predicted octanol–water partition coefficient (Wildman–Crippen LogP) is 3.43. The summed E-state index contributed by atoms with van der Waals surface area (Å²) in [6.45, 7) is 9.00. The first-order valence-corrected chi connectivity index (χ1v) is 3.98. The van der Waals surface area contributed by atoms with Crippen molar-refractivity contribution in [2.45, 2.75) is 47.0 Å². The molecule has 55 valence electrons.